The normalized spacial score (nSPS) is 19.4. The third-order valence-electron chi connectivity index (χ3n) is 4.88. The molecule has 0 spiro atoms. The first-order valence-corrected chi connectivity index (χ1v) is 12.1. The first-order chi connectivity index (χ1) is 13.2. The molecule has 10 heteroatoms. The minimum absolute atomic E-state index is 0. The van der Waals surface area contributed by atoms with Crippen molar-refractivity contribution in [3.8, 4) is 0 Å². The predicted molar refractivity (Wildman–Crippen MR) is 109 cm³/mol. The van der Waals surface area contributed by atoms with E-state index < -0.39 is 32.1 Å². The predicted octanol–water partition coefficient (Wildman–Crippen LogP) is -1.55. The minimum Gasteiger partial charge on any atom is -0.543 e. The van der Waals surface area contributed by atoms with Gasteiger partial charge in [-0.05, 0) is 38.1 Å². The third kappa shape index (κ3) is 6.98. The van der Waals surface area contributed by atoms with E-state index in [1.54, 1.807) is 24.3 Å². The monoisotopic (exact) mass is 434 g/mol. The van der Waals surface area contributed by atoms with Crippen LogP contribution < -0.4 is 37.7 Å². The average molecular weight is 434 g/mol. The molecule has 0 aliphatic heterocycles. The molecule has 6 nitrogen and oxygen atoms in total. The van der Waals surface area contributed by atoms with Crippen LogP contribution in [0.5, 0.6) is 0 Å². The van der Waals surface area contributed by atoms with E-state index in [2.05, 4.69) is 9.44 Å². The van der Waals surface area contributed by atoms with Crippen molar-refractivity contribution in [1.82, 2.24) is 0 Å². The molecule has 0 radical (unpaired) electrons. The standard InChI is InChI=1S/C20H24N2O4S2.2Li/c1-15-7-11-17(12-8-15)27(23,24)21-19-5-3-4-6-20(19)22-28(25,26)18-13-9-16(2)10-14-18;;/h7-14,19-20H,3-6H2,1-2H3;;/q-2;2*+1/t19-,20-;;/m1../s1. The molecule has 0 amide bonds. The van der Waals surface area contributed by atoms with Gasteiger partial charge in [0.2, 0.25) is 0 Å². The van der Waals surface area contributed by atoms with E-state index >= 15 is 0 Å². The second-order valence-corrected chi connectivity index (χ2v) is 10.5. The van der Waals surface area contributed by atoms with Gasteiger partial charge in [0.15, 0.2) is 0 Å². The Morgan fingerprint density at radius 1 is 0.633 bits per heavy atom. The maximum Gasteiger partial charge on any atom is 1.00 e. The Kier molecular flexibility index (Phi) is 10.4. The molecule has 0 heterocycles. The van der Waals surface area contributed by atoms with Crippen molar-refractivity contribution < 1.29 is 54.6 Å². The summed E-state index contributed by atoms with van der Waals surface area (Å²) in [6.45, 7) is 3.75. The summed E-state index contributed by atoms with van der Waals surface area (Å²) in [6.07, 6.45) is 2.60. The maximum absolute atomic E-state index is 12.7. The summed E-state index contributed by atoms with van der Waals surface area (Å²) in [6, 6.07) is 11.6. The zero-order valence-corrected chi connectivity index (χ0v) is 19.6. The van der Waals surface area contributed by atoms with Crippen LogP contribution in [0.1, 0.15) is 36.8 Å². The van der Waals surface area contributed by atoms with Crippen molar-refractivity contribution in [3.63, 3.8) is 0 Å². The van der Waals surface area contributed by atoms with Crippen LogP contribution >= 0.6 is 0 Å². The Labute approximate surface area is 204 Å². The first kappa shape index (κ1) is 27.5. The molecule has 1 fully saturated rings. The Hall–Kier alpha value is -0.545. The van der Waals surface area contributed by atoms with Gasteiger partial charge in [-0.3, -0.25) is 0 Å². The number of sulfonamides is 2. The van der Waals surface area contributed by atoms with Crippen LogP contribution in [0.3, 0.4) is 0 Å². The quantitative estimate of drug-likeness (QED) is 0.514. The third-order valence-corrected chi connectivity index (χ3v) is 7.71. The van der Waals surface area contributed by atoms with E-state index in [1.165, 1.54) is 24.3 Å². The first-order valence-electron chi connectivity index (χ1n) is 9.25. The summed E-state index contributed by atoms with van der Waals surface area (Å²) in [5.74, 6) is 0. The molecule has 152 valence electrons. The Morgan fingerprint density at radius 2 is 0.933 bits per heavy atom. The summed E-state index contributed by atoms with van der Waals surface area (Å²) in [5.41, 5.74) is 1.90. The molecule has 1 aliphatic carbocycles. The topological polar surface area (TPSA) is 96.5 Å². The molecule has 30 heavy (non-hydrogen) atoms. The number of nitrogens with zero attached hydrogens (tertiary/aromatic N) is 2. The van der Waals surface area contributed by atoms with Crippen molar-refractivity contribution >= 4 is 20.0 Å². The smallest absolute Gasteiger partial charge is 0.543 e. The van der Waals surface area contributed by atoms with E-state index in [-0.39, 0.29) is 47.5 Å². The molecule has 0 saturated heterocycles. The number of aryl methyl sites for hydroxylation is 2. The van der Waals surface area contributed by atoms with Gasteiger partial charge in [0, 0.05) is 9.79 Å². The fourth-order valence-electron chi connectivity index (χ4n) is 3.24. The van der Waals surface area contributed by atoms with Crippen LogP contribution in [0.4, 0.5) is 0 Å². The van der Waals surface area contributed by atoms with Crippen LogP contribution in [-0.2, 0) is 20.0 Å². The van der Waals surface area contributed by atoms with Gasteiger partial charge in [-0.25, -0.2) is 16.8 Å². The molecular formula is C20H24Li2N2O4S2. The fraction of sp³-hybridized carbons (Fsp3) is 0.400. The van der Waals surface area contributed by atoms with Crippen LogP contribution in [-0.4, -0.2) is 28.9 Å². The van der Waals surface area contributed by atoms with Gasteiger partial charge in [-0.2, -0.15) is 0 Å². The van der Waals surface area contributed by atoms with Gasteiger partial charge in [-0.15, -0.1) is 12.1 Å². The van der Waals surface area contributed by atoms with Crippen LogP contribution in [0.25, 0.3) is 9.44 Å². The number of rotatable bonds is 6. The van der Waals surface area contributed by atoms with Gasteiger partial charge >= 0.3 is 37.7 Å². The SMILES string of the molecule is Cc1ccc(S(=O)(=O)[N-][C@@H]2CCCC[C@H]2[N-]S(=O)(=O)c2ccc(C)cc2)cc1.[Li+].[Li+]. The zero-order chi connectivity index (χ0) is 20.4. The summed E-state index contributed by atoms with van der Waals surface area (Å²) in [5, 5.41) is 0. The molecule has 0 N–H and O–H groups in total. The Balaban J connectivity index is 0.00000225. The minimum atomic E-state index is -3.87. The fourth-order valence-corrected chi connectivity index (χ4v) is 5.64. The summed E-state index contributed by atoms with van der Waals surface area (Å²) in [4.78, 5) is 0.229. The molecule has 0 unspecified atom stereocenters. The Bertz CT molecular complexity index is 940. The molecule has 2 atom stereocenters. The van der Waals surface area contributed by atoms with E-state index in [4.69, 9.17) is 0 Å². The van der Waals surface area contributed by atoms with Crippen molar-refractivity contribution in [3.05, 3.63) is 69.1 Å². The van der Waals surface area contributed by atoms with Crippen LogP contribution in [0.15, 0.2) is 58.3 Å². The van der Waals surface area contributed by atoms with Crippen molar-refractivity contribution in [2.45, 2.75) is 61.4 Å². The van der Waals surface area contributed by atoms with Gasteiger partial charge in [0.05, 0.1) is 0 Å². The average Bonchev–Trinajstić information content (AvgIpc) is 2.64. The van der Waals surface area contributed by atoms with Crippen molar-refractivity contribution in [1.29, 1.82) is 0 Å². The summed E-state index contributed by atoms with van der Waals surface area (Å²) in [7, 11) is -7.73. The molecule has 3 rings (SSSR count). The summed E-state index contributed by atoms with van der Waals surface area (Å²) >= 11 is 0. The van der Waals surface area contributed by atoms with E-state index in [0.29, 0.717) is 12.8 Å². The van der Waals surface area contributed by atoms with Crippen molar-refractivity contribution in [2.75, 3.05) is 0 Å². The second kappa shape index (κ2) is 11.4. The van der Waals surface area contributed by atoms with E-state index in [1.807, 2.05) is 13.8 Å². The van der Waals surface area contributed by atoms with Gasteiger partial charge in [0.1, 0.15) is 20.0 Å². The summed E-state index contributed by atoms with van der Waals surface area (Å²) < 4.78 is 58.8. The van der Waals surface area contributed by atoms with Gasteiger partial charge in [0.25, 0.3) is 0 Å². The largest absolute Gasteiger partial charge is 1.00 e. The van der Waals surface area contributed by atoms with Gasteiger partial charge in [-0.1, -0.05) is 61.1 Å². The van der Waals surface area contributed by atoms with Crippen LogP contribution in [0, 0.1) is 13.8 Å². The van der Waals surface area contributed by atoms with Gasteiger partial charge < -0.3 is 9.44 Å². The van der Waals surface area contributed by atoms with E-state index in [9.17, 15) is 16.8 Å². The number of benzene rings is 2. The van der Waals surface area contributed by atoms with Crippen molar-refractivity contribution in [2.24, 2.45) is 0 Å². The zero-order valence-electron chi connectivity index (χ0n) is 17.9. The number of hydrogen-bond acceptors (Lipinski definition) is 4. The Morgan fingerprint density at radius 3 is 1.23 bits per heavy atom. The molecule has 2 aromatic rings. The molecular weight excluding hydrogens is 410 g/mol. The maximum atomic E-state index is 12.7. The van der Waals surface area contributed by atoms with E-state index in [0.717, 1.165) is 24.0 Å². The molecule has 0 bridgehead atoms. The second-order valence-electron chi connectivity index (χ2n) is 7.21. The molecule has 0 aromatic heterocycles. The molecule has 1 aliphatic rings. The van der Waals surface area contributed by atoms with Crippen LogP contribution in [0.2, 0.25) is 0 Å². The molecule has 2 aromatic carbocycles. The number of hydrogen-bond donors (Lipinski definition) is 0. The molecule has 1 saturated carbocycles.